The van der Waals surface area contributed by atoms with Crippen molar-refractivity contribution in [1.29, 1.82) is 0 Å². The number of carbonyl (C=O) groups excluding carboxylic acids is 3. The van der Waals surface area contributed by atoms with Crippen LogP contribution in [-0.2, 0) is 4.74 Å². The number of nitrogens with one attached hydrogen (secondary N) is 1. The van der Waals surface area contributed by atoms with Crippen molar-refractivity contribution in [2.45, 2.75) is 13.0 Å². The Labute approximate surface area is 210 Å². The lowest BCUT2D eigenvalue weighted by atomic mass is 10.0. The molecule has 1 N–H and O–H groups in total. The normalized spacial score (nSPS) is 11.5. The molecule has 0 aliphatic heterocycles. The Balaban J connectivity index is 1.48. The number of hydrogen-bond acceptors (Lipinski definition) is 7. The molecule has 0 fully saturated rings. The number of aromatic nitrogens is 1. The molecule has 4 rings (SSSR count). The number of rotatable bonds is 8. The van der Waals surface area contributed by atoms with Crippen molar-refractivity contribution in [3.63, 3.8) is 0 Å². The van der Waals surface area contributed by atoms with Gasteiger partial charge in [-0.05, 0) is 42.1 Å². The van der Waals surface area contributed by atoms with E-state index in [1.54, 1.807) is 19.1 Å². The number of nitro benzene ring substituents is 1. The summed E-state index contributed by atoms with van der Waals surface area (Å²) in [6.45, 7) is 0.955. The van der Waals surface area contributed by atoms with Gasteiger partial charge in [0.15, 0.2) is 6.61 Å². The van der Waals surface area contributed by atoms with Crippen LogP contribution in [0.25, 0.3) is 10.8 Å². The highest BCUT2D eigenvalue weighted by atomic mass is 19.1. The van der Waals surface area contributed by atoms with E-state index in [4.69, 9.17) is 4.74 Å². The number of nitro groups is 1. The van der Waals surface area contributed by atoms with Crippen LogP contribution in [0.5, 0.6) is 0 Å². The van der Waals surface area contributed by atoms with Gasteiger partial charge in [-0.3, -0.25) is 19.7 Å². The Morgan fingerprint density at radius 3 is 2.38 bits per heavy atom. The van der Waals surface area contributed by atoms with E-state index in [9.17, 15) is 28.9 Å². The number of ketones is 1. The Bertz CT molecular complexity index is 1520. The molecule has 0 aliphatic carbocycles. The van der Waals surface area contributed by atoms with E-state index in [-0.39, 0.29) is 16.8 Å². The van der Waals surface area contributed by atoms with Gasteiger partial charge in [0, 0.05) is 34.8 Å². The molecule has 0 radical (unpaired) electrons. The molecule has 9 nitrogen and oxygen atoms in total. The topological polar surface area (TPSA) is 128 Å². The number of ether oxygens (including phenoxy) is 1. The van der Waals surface area contributed by atoms with E-state index in [1.807, 2.05) is 12.1 Å². The number of Topliss-reactive ketones (excluding diaryl/α,β-unsaturated/α-hetero) is 1. The van der Waals surface area contributed by atoms with Gasteiger partial charge in [-0.25, -0.2) is 14.2 Å². The Kier molecular flexibility index (Phi) is 7.28. The van der Waals surface area contributed by atoms with Crippen molar-refractivity contribution in [3.05, 3.63) is 117 Å². The quantitative estimate of drug-likeness (QED) is 0.159. The second-order valence-corrected chi connectivity index (χ2v) is 8.19. The lowest BCUT2D eigenvalue weighted by Crippen LogP contribution is -2.27. The smallest absolute Gasteiger partial charge is 0.357 e. The fourth-order valence-corrected chi connectivity index (χ4v) is 3.61. The number of esters is 1. The van der Waals surface area contributed by atoms with Gasteiger partial charge in [-0.2, -0.15) is 0 Å². The maximum Gasteiger partial charge on any atom is 0.357 e. The summed E-state index contributed by atoms with van der Waals surface area (Å²) in [6, 6.07) is 17.0. The second kappa shape index (κ2) is 10.7. The van der Waals surface area contributed by atoms with Crippen molar-refractivity contribution in [2.24, 2.45) is 0 Å². The van der Waals surface area contributed by atoms with Crippen LogP contribution in [0, 0.1) is 15.9 Å². The summed E-state index contributed by atoms with van der Waals surface area (Å²) in [5, 5.41) is 15.7. The third-order valence-electron chi connectivity index (χ3n) is 5.60. The third-order valence-corrected chi connectivity index (χ3v) is 5.60. The standard InChI is InChI=1S/C27H20FN3O6/c1-16(17-6-8-22(28)9-7-17)30-26(33)21-10-20(11-23(12-21)31(35)36)25(32)15-37-27(34)24-13-18-4-2-3-5-19(18)14-29-24/h2-14,16H,15H2,1H3,(H,30,33)/t16-/m1/s1. The number of benzene rings is 3. The van der Waals surface area contributed by atoms with Crippen molar-refractivity contribution in [3.8, 4) is 0 Å². The van der Waals surface area contributed by atoms with Gasteiger partial charge in [-0.15, -0.1) is 0 Å². The molecule has 1 amide bonds. The van der Waals surface area contributed by atoms with E-state index >= 15 is 0 Å². The van der Waals surface area contributed by atoms with E-state index in [2.05, 4.69) is 10.3 Å². The molecule has 1 atom stereocenters. The number of fused-ring (bicyclic) bond motifs is 1. The molecule has 37 heavy (non-hydrogen) atoms. The Hall–Kier alpha value is -4.99. The molecule has 10 heteroatoms. The van der Waals surface area contributed by atoms with Gasteiger partial charge < -0.3 is 10.1 Å². The fourth-order valence-electron chi connectivity index (χ4n) is 3.61. The van der Waals surface area contributed by atoms with Gasteiger partial charge in [0.2, 0.25) is 5.78 Å². The molecule has 1 heterocycles. The first-order valence-corrected chi connectivity index (χ1v) is 11.1. The van der Waals surface area contributed by atoms with Crippen LogP contribution in [0.1, 0.15) is 49.7 Å². The van der Waals surface area contributed by atoms with Crippen LogP contribution in [0.3, 0.4) is 0 Å². The predicted octanol–water partition coefficient (Wildman–Crippen LogP) is 4.81. The van der Waals surface area contributed by atoms with Gasteiger partial charge in [0.1, 0.15) is 11.5 Å². The molecule has 186 valence electrons. The highest BCUT2D eigenvalue weighted by Gasteiger charge is 2.21. The minimum atomic E-state index is -0.837. The Morgan fingerprint density at radius 1 is 1.00 bits per heavy atom. The highest BCUT2D eigenvalue weighted by Crippen LogP contribution is 2.20. The predicted molar refractivity (Wildman–Crippen MR) is 132 cm³/mol. The van der Waals surface area contributed by atoms with E-state index in [0.717, 1.165) is 22.9 Å². The SMILES string of the molecule is C[C@@H](NC(=O)c1cc(C(=O)COC(=O)c2cc3ccccc3cn2)cc([N+](=O)[O-])c1)c1ccc(F)cc1. The van der Waals surface area contributed by atoms with Gasteiger partial charge in [0.05, 0.1) is 11.0 Å². The van der Waals surface area contributed by atoms with Crippen molar-refractivity contribution in [2.75, 3.05) is 6.61 Å². The molecule has 0 bridgehead atoms. The maximum absolute atomic E-state index is 13.2. The zero-order valence-corrected chi connectivity index (χ0v) is 19.5. The summed E-state index contributed by atoms with van der Waals surface area (Å²) in [5.41, 5.74) is -0.166. The summed E-state index contributed by atoms with van der Waals surface area (Å²) < 4.78 is 18.2. The number of amides is 1. The number of pyridine rings is 1. The van der Waals surface area contributed by atoms with Crippen LogP contribution in [0.2, 0.25) is 0 Å². The first-order valence-electron chi connectivity index (χ1n) is 11.1. The van der Waals surface area contributed by atoms with Gasteiger partial charge in [0.25, 0.3) is 11.6 Å². The minimum Gasteiger partial charge on any atom is -0.453 e. The molecular weight excluding hydrogens is 481 g/mol. The second-order valence-electron chi connectivity index (χ2n) is 8.19. The van der Waals surface area contributed by atoms with Gasteiger partial charge in [-0.1, -0.05) is 36.4 Å². The number of nitrogens with zero attached hydrogens (tertiary/aromatic N) is 2. The Morgan fingerprint density at radius 2 is 1.68 bits per heavy atom. The fraction of sp³-hybridized carbons (Fsp3) is 0.111. The molecule has 3 aromatic carbocycles. The number of non-ortho nitro benzene ring substituents is 1. The zero-order chi connectivity index (χ0) is 26.5. The molecule has 0 unspecified atom stereocenters. The minimum absolute atomic E-state index is 0.000361. The van der Waals surface area contributed by atoms with E-state index in [1.165, 1.54) is 42.6 Å². The van der Waals surface area contributed by atoms with Crippen molar-refractivity contribution in [1.82, 2.24) is 10.3 Å². The molecule has 0 spiro atoms. The first kappa shape index (κ1) is 25.1. The zero-order valence-electron chi connectivity index (χ0n) is 19.5. The monoisotopic (exact) mass is 501 g/mol. The summed E-state index contributed by atoms with van der Waals surface area (Å²) in [6.07, 6.45) is 1.51. The highest BCUT2D eigenvalue weighted by molar-refractivity contribution is 6.03. The van der Waals surface area contributed by atoms with Crippen LogP contribution in [-0.4, -0.2) is 34.2 Å². The van der Waals surface area contributed by atoms with Crippen molar-refractivity contribution >= 4 is 34.1 Å². The molecular formula is C27H20FN3O6. The average Bonchev–Trinajstić information content (AvgIpc) is 2.91. The van der Waals surface area contributed by atoms with Crippen LogP contribution < -0.4 is 5.32 Å². The average molecular weight is 501 g/mol. The number of hydrogen-bond donors (Lipinski definition) is 1. The summed E-state index contributed by atoms with van der Waals surface area (Å²) in [7, 11) is 0. The third kappa shape index (κ3) is 5.99. The van der Waals surface area contributed by atoms with Crippen LogP contribution in [0.4, 0.5) is 10.1 Å². The van der Waals surface area contributed by atoms with Crippen LogP contribution >= 0.6 is 0 Å². The van der Waals surface area contributed by atoms with E-state index in [0.29, 0.717) is 5.56 Å². The van der Waals surface area contributed by atoms with Gasteiger partial charge >= 0.3 is 5.97 Å². The summed E-state index contributed by atoms with van der Waals surface area (Å²) >= 11 is 0. The first-order chi connectivity index (χ1) is 17.7. The lowest BCUT2D eigenvalue weighted by molar-refractivity contribution is -0.384. The maximum atomic E-state index is 13.2. The molecule has 0 saturated heterocycles. The largest absolute Gasteiger partial charge is 0.453 e. The van der Waals surface area contributed by atoms with E-state index < -0.39 is 46.7 Å². The molecule has 0 saturated carbocycles. The molecule has 1 aromatic heterocycles. The van der Waals surface area contributed by atoms with Crippen LogP contribution in [0.15, 0.2) is 79.0 Å². The van der Waals surface area contributed by atoms with Crippen molar-refractivity contribution < 1.29 is 28.4 Å². The number of carbonyl (C=O) groups is 3. The number of halogens is 1. The summed E-state index contributed by atoms with van der Waals surface area (Å²) in [4.78, 5) is 52.7. The summed E-state index contributed by atoms with van der Waals surface area (Å²) in [5.74, 6) is -2.68. The molecule has 4 aromatic rings. The molecule has 0 aliphatic rings. The lowest BCUT2D eigenvalue weighted by Gasteiger charge is -2.15.